The maximum absolute atomic E-state index is 13.2. The molecule has 0 fully saturated rings. The summed E-state index contributed by atoms with van der Waals surface area (Å²) in [5, 5.41) is 3.03. The number of benzene rings is 3. The third-order valence-electron chi connectivity index (χ3n) is 5.48. The number of aryl methyl sites for hydroxylation is 2. The molecule has 4 rings (SSSR count). The Bertz CT molecular complexity index is 1490. The van der Waals surface area contributed by atoms with E-state index in [0.717, 1.165) is 5.56 Å². The van der Waals surface area contributed by atoms with E-state index >= 15 is 0 Å². The van der Waals surface area contributed by atoms with Crippen molar-refractivity contribution in [1.82, 2.24) is 0 Å². The highest BCUT2D eigenvalue weighted by Crippen LogP contribution is 2.26. The van der Waals surface area contributed by atoms with Gasteiger partial charge in [-0.1, -0.05) is 42.0 Å². The van der Waals surface area contributed by atoms with Gasteiger partial charge in [-0.15, -0.1) is 0 Å². The van der Waals surface area contributed by atoms with Crippen molar-refractivity contribution in [1.29, 1.82) is 0 Å². The van der Waals surface area contributed by atoms with E-state index < -0.39 is 16.0 Å². The number of Topliss-reactive ketones (excluding diaryl/α,β-unsaturated/α-hetero) is 1. The third kappa shape index (κ3) is 5.07. The van der Waals surface area contributed by atoms with Gasteiger partial charge in [0.2, 0.25) is 5.78 Å². The van der Waals surface area contributed by atoms with Crippen molar-refractivity contribution in [2.75, 3.05) is 11.9 Å². The predicted molar refractivity (Wildman–Crippen MR) is 135 cm³/mol. The average Bonchev–Trinajstić information content (AvgIpc) is 2.82. The zero-order chi connectivity index (χ0) is 25.2. The van der Waals surface area contributed by atoms with E-state index in [0.29, 0.717) is 27.9 Å². The van der Waals surface area contributed by atoms with Gasteiger partial charge >= 0.3 is 5.97 Å². The van der Waals surface area contributed by atoms with Gasteiger partial charge in [-0.05, 0) is 62.7 Å². The highest BCUT2D eigenvalue weighted by Gasteiger charge is 2.26. The lowest BCUT2D eigenvalue weighted by molar-refractivity contribution is 0.0526. The predicted octanol–water partition coefficient (Wildman–Crippen LogP) is 4.85. The molecule has 1 aliphatic rings. The Kier molecular flexibility index (Phi) is 6.66. The molecule has 3 aromatic rings. The minimum Gasteiger partial charge on any atom is -0.462 e. The second-order valence-electron chi connectivity index (χ2n) is 8.08. The maximum atomic E-state index is 13.2. The molecule has 0 spiro atoms. The van der Waals surface area contributed by atoms with Crippen LogP contribution in [0.4, 0.5) is 5.69 Å². The van der Waals surface area contributed by atoms with Gasteiger partial charge in [0.1, 0.15) is 0 Å². The number of hydrogen-bond donors (Lipinski definition) is 1. The third-order valence-corrected chi connectivity index (χ3v) is 6.93. The molecule has 0 heterocycles. The first-order valence-electron chi connectivity index (χ1n) is 11.0. The van der Waals surface area contributed by atoms with Gasteiger partial charge < -0.3 is 10.1 Å². The number of esters is 1. The van der Waals surface area contributed by atoms with Crippen molar-refractivity contribution in [2.45, 2.75) is 25.7 Å². The first kappa shape index (κ1) is 24.1. The number of hydrogen-bond acceptors (Lipinski definition) is 6. The fourth-order valence-electron chi connectivity index (χ4n) is 3.82. The summed E-state index contributed by atoms with van der Waals surface area (Å²) in [5.41, 5.74) is 3.58. The van der Waals surface area contributed by atoms with Crippen molar-refractivity contribution < 1.29 is 22.7 Å². The number of carbonyl (C=O) groups excluding carboxylic acids is 2. The zero-order valence-corrected chi connectivity index (χ0v) is 20.3. The van der Waals surface area contributed by atoms with Crippen LogP contribution in [0.3, 0.4) is 0 Å². The van der Waals surface area contributed by atoms with Gasteiger partial charge in [-0.25, -0.2) is 4.79 Å². The molecule has 0 radical (unpaired) electrons. The number of allylic oxidation sites excluding steroid dienone is 2. The van der Waals surface area contributed by atoms with E-state index in [4.69, 9.17) is 4.74 Å². The smallest absolute Gasteiger partial charge is 0.338 e. The van der Waals surface area contributed by atoms with Crippen LogP contribution in [0.15, 0.2) is 87.8 Å². The topological polar surface area (TPSA) is 102 Å². The van der Waals surface area contributed by atoms with Crippen LogP contribution in [0, 0.1) is 13.8 Å². The quantitative estimate of drug-likeness (QED) is 0.498. The van der Waals surface area contributed by atoms with Gasteiger partial charge in [0.15, 0.2) is 0 Å². The standard InChI is InChI=1S/C27H24N2O5S/c1-4-34-27(31)19-10-12-20(13-11-19)28-24-16-23(21-7-5-6-8-22(21)26(24)30)29-35(32,33)25-14-9-17(2)15-18(25)3/h5-16,28H,4H2,1-3H3/b29-23-. The van der Waals surface area contributed by atoms with E-state index in [1.807, 2.05) is 6.92 Å². The molecule has 0 aromatic heterocycles. The Morgan fingerprint density at radius 2 is 1.66 bits per heavy atom. The minimum absolute atomic E-state index is 0.113. The van der Waals surface area contributed by atoms with E-state index in [1.165, 1.54) is 12.1 Å². The fourth-order valence-corrected chi connectivity index (χ4v) is 5.04. The van der Waals surface area contributed by atoms with E-state index in [1.54, 1.807) is 74.5 Å². The monoisotopic (exact) mass is 488 g/mol. The number of sulfonamides is 1. The first-order chi connectivity index (χ1) is 16.7. The Labute approximate surface area is 204 Å². The number of anilines is 1. The molecule has 8 heteroatoms. The molecule has 0 saturated carbocycles. The van der Waals surface area contributed by atoms with Crippen molar-refractivity contribution in [3.05, 3.63) is 106 Å². The van der Waals surface area contributed by atoms with Crippen LogP contribution in [-0.4, -0.2) is 32.5 Å². The van der Waals surface area contributed by atoms with Crippen LogP contribution in [0.2, 0.25) is 0 Å². The number of nitrogens with zero attached hydrogens (tertiary/aromatic N) is 1. The average molecular weight is 489 g/mol. The molecule has 0 amide bonds. The molecular weight excluding hydrogens is 464 g/mol. The number of fused-ring (bicyclic) bond motifs is 1. The second-order valence-corrected chi connectivity index (χ2v) is 9.65. The summed E-state index contributed by atoms with van der Waals surface area (Å²) >= 11 is 0. The van der Waals surface area contributed by atoms with Gasteiger partial charge in [0, 0.05) is 16.8 Å². The highest BCUT2D eigenvalue weighted by atomic mass is 32.2. The Balaban J connectivity index is 1.73. The number of rotatable bonds is 6. The summed E-state index contributed by atoms with van der Waals surface area (Å²) in [5.74, 6) is -0.732. The molecule has 0 unspecified atom stereocenters. The Hall–Kier alpha value is -4.04. The normalized spacial score (nSPS) is 14.3. The van der Waals surface area contributed by atoms with Crippen LogP contribution in [-0.2, 0) is 14.8 Å². The lowest BCUT2D eigenvalue weighted by Gasteiger charge is -2.19. The molecular formula is C27H24N2O5S. The molecule has 0 aliphatic heterocycles. The van der Waals surface area contributed by atoms with Crippen LogP contribution >= 0.6 is 0 Å². The van der Waals surface area contributed by atoms with Crippen molar-refractivity contribution in [2.24, 2.45) is 4.40 Å². The van der Waals surface area contributed by atoms with Crippen LogP contribution in [0.25, 0.3) is 0 Å². The molecule has 0 bridgehead atoms. The molecule has 35 heavy (non-hydrogen) atoms. The van der Waals surface area contributed by atoms with E-state index in [9.17, 15) is 18.0 Å². The highest BCUT2D eigenvalue weighted by molar-refractivity contribution is 7.90. The van der Waals surface area contributed by atoms with E-state index in [2.05, 4.69) is 9.71 Å². The molecule has 1 aliphatic carbocycles. The molecule has 1 N–H and O–H groups in total. The fraction of sp³-hybridized carbons (Fsp3) is 0.148. The van der Waals surface area contributed by atoms with Crippen molar-refractivity contribution in [3.63, 3.8) is 0 Å². The largest absolute Gasteiger partial charge is 0.462 e. The Morgan fingerprint density at radius 3 is 2.31 bits per heavy atom. The van der Waals surface area contributed by atoms with E-state index in [-0.39, 0.29) is 28.7 Å². The molecule has 3 aromatic carbocycles. The molecule has 7 nitrogen and oxygen atoms in total. The van der Waals surface area contributed by atoms with Crippen molar-refractivity contribution >= 4 is 33.2 Å². The Morgan fingerprint density at radius 1 is 0.971 bits per heavy atom. The number of ketones is 1. The number of ether oxygens (including phenoxy) is 1. The number of carbonyl (C=O) groups is 2. The SMILES string of the molecule is CCOC(=O)c1ccc(NC2=C/C(=N/S(=O)(=O)c3ccc(C)cc3C)c3ccccc3C2=O)cc1. The van der Waals surface area contributed by atoms with Gasteiger partial charge in [0.25, 0.3) is 10.0 Å². The number of nitrogens with one attached hydrogen (secondary N) is 1. The lowest BCUT2D eigenvalue weighted by Crippen LogP contribution is -2.22. The summed E-state index contributed by atoms with van der Waals surface area (Å²) in [4.78, 5) is 25.1. The first-order valence-corrected chi connectivity index (χ1v) is 12.5. The minimum atomic E-state index is -4.03. The second kappa shape index (κ2) is 9.68. The molecule has 0 saturated heterocycles. The summed E-state index contributed by atoms with van der Waals surface area (Å²) < 4.78 is 35.5. The lowest BCUT2D eigenvalue weighted by atomic mass is 9.92. The molecule has 178 valence electrons. The zero-order valence-electron chi connectivity index (χ0n) is 19.5. The van der Waals surface area contributed by atoms with Crippen LogP contribution < -0.4 is 5.32 Å². The summed E-state index contributed by atoms with van der Waals surface area (Å²) in [6.07, 6.45) is 1.44. The van der Waals surface area contributed by atoms with Gasteiger partial charge in [-0.3, -0.25) is 4.79 Å². The van der Waals surface area contributed by atoms with Crippen LogP contribution in [0.1, 0.15) is 44.3 Å². The summed E-state index contributed by atoms with van der Waals surface area (Å²) in [6.45, 7) is 5.61. The molecule has 0 atom stereocenters. The summed E-state index contributed by atoms with van der Waals surface area (Å²) in [6, 6.07) is 18.3. The van der Waals surface area contributed by atoms with Crippen LogP contribution in [0.5, 0.6) is 0 Å². The van der Waals surface area contributed by atoms with Gasteiger partial charge in [-0.2, -0.15) is 12.8 Å². The van der Waals surface area contributed by atoms with Crippen molar-refractivity contribution in [3.8, 4) is 0 Å². The summed E-state index contributed by atoms with van der Waals surface area (Å²) in [7, 11) is -4.03. The van der Waals surface area contributed by atoms with Gasteiger partial charge in [0.05, 0.1) is 28.5 Å². The maximum Gasteiger partial charge on any atom is 0.338 e.